The summed E-state index contributed by atoms with van der Waals surface area (Å²) in [6, 6.07) is 9.45. The molecule has 148 valence electrons. The zero-order chi connectivity index (χ0) is 20.4. The highest BCUT2D eigenvalue weighted by Crippen LogP contribution is 2.19. The Morgan fingerprint density at radius 1 is 1.03 bits per heavy atom. The molecule has 0 spiro atoms. The van der Waals surface area contributed by atoms with Crippen molar-refractivity contribution >= 4 is 11.6 Å². The molecule has 4 heterocycles. The summed E-state index contributed by atoms with van der Waals surface area (Å²) in [5.74, 6) is 0.0495. The number of nitrogens with zero attached hydrogens (tertiary/aromatic N) is 5. The molecule has 0 radical (unpaired) electrons. The zero-order valence-corrected chi connectivity index (χ0v) is 16.4. The number of H-pyrrole nitrogens is 1. The predicted octanol–water partition coefficient (Wildman–Crippen LogP) is 1.81. The predicted molar refractivity (Wildman–Crippen MR) is 110 cm³/mol. The van der Waals surface area contributed by atoms with E-state index in [1.54, 1.807) is 23.2 Å². The average Bonchev–Trinajstić information content (AvgIpc) is 2.73. The van der Waals surface area contributed by atoms with Gasteiger partial charge in [-0.05, 0) is 38.1 Å². The Hall–Kier alpha value is -3.55. The van der Waals surface area contributed by atoms with Crippen LogP contribution in [-0.2, 0) is 0 Å². The molecule has 3 aromatic heterocycles. The number of piperazine rings is 1. The molecule has 8 nitrogen and oxygen atoms in total. The molecule has 1 saturated heterocycles. The molecule has 1 aliphatic heterocycles. The molecule has 8 heteroatoms. The lowest BCUT2D eigenvalue weighted by Gasteiger charge is -2.36. The summed E-state index contributed by atoms with van der Waals surface area (Å²) in [6.07, 6.45) is 2.97. The average molecular weight is 390 g/mol. The number of aromatic nitrogens is 4. The Morgan fingerprint density at radius 3 is 2.38 bits per heavy atom. The summed E-state index contributed by atoms with van der Waals surface area (Å²) in [7, 11) is 0. The van der Waals surface area contributed by atoms with Crippen molar-refractivity contribution in [2.24, 2.45) is 0 Å². The minimum atomic E-state index is -0.450. The van der Waals surface area contributed by atoms with Gasteiger partial charge in [-0.1, -0.05) is 6.07 Å². The van der Waals surface area contributed by atoms with Crippen LogP contribution in [0.25, 0.3) is 11.5 Å². The maximum absolute atomic E-state index is 12.8. The molecule has 3 aromatic rings. The van der Waals surface area contributed by atoms with Crippen molar-refractivity contribution in [3.05, 3.63) is 70.0 Å². The highest BCUT2D eigenvalue weighted by Gasteiger charge is 2.25. The first-order valence-corrected chi connectivity index (χ1v) is 9.51. The number of hydrogen-bond acceptors (Lipinski definition) is 6. The van der Waals surface area contributed by atoms with Crippen LogP contribution in [0.2, 0.25) is 0 Å². The van der Waals surface area contributed by atoms with Gasteiger partial charge in [-0.3, -0.25) is 19.6 Å². The molecule has 1 fully saturated rings. The normalized spacial score (nSPS) is 14.1. The third-order valence-corrected chi connectivity index (χ3v) is 4.94. The van der Waals surface area contributed by atoms with E-state index < -0.39 is 5.56 Å². The van der Waals surface area contributed by atoms with Crippen molar-refractivity contribution in [3.8, 4) is 11.5 Å². The first-order valence-electron chi connectivity index (χ1n) is 9.51. The van der Waals surface area contributed by atoms with Gasteiger partial charge in [0.2, 0.25) is 0 Å². The first-order chi connectivity index (χ1) is 14.0. The number of amides is 1. The first kappa shape index (κ1) is 18.8. The van der Waals surface area contributed by atoms with Gasteiger partial charge in [0.05, 0.1) is 0 Å². The van der Waals surface area contributed by atoms with E-state index in [1.807, 2.05) is 19.9 Å². The minimum Gasteiger partial charge on any atom is -0.368 e. The third kappa shape index (κ3) is 4.01. The summed E-state index contributed by atoms with van der Waals surface area (Å²) in [4.78, 5) is 44.7. The summed E-state index contributed by atoms with van der Waals surface area (Å²) >= 11 is 0. The monoisotopic (exact) mass is 390 g/mol. The lowest BCUT2D eigenvalue weighted by Crippen LogP contribution is -2.49. The van der Waals surface area contributed by atoms with E-state index in [1.165, 1.54) is 6.20 Å². The molecule has 29 heavy (non-hydrogen) atoms. The maximum Gasteiger partial charge on any atom is 0.264 e. The smallest absolute Gasteiger partial charge is 0.264 e. The van der Waals surface area contributed by atoms with Gasteiger partial charge in [0, 0.05) is 55.6 Å². The summed E-state index contributed by atoms with van der Waals surface area (Å²) in [6.45, 7) is 6.44. The molecule has 1 amide bonds. The van der Waals surface area contributed by atoms with Crippen LogP contribution in [0.4, 0.5) is 5.69 Å². The SMILES string of the molecule is Cc1cc(N2CCN(C(=O)c3cnc(-c4ccccn4)[nH]c3=O)CC2)cc(C)n1. The van der Waals surface area contributed by atoms with Gasteiger partial charge >= 0.3 is 0 Å². The minimum absolute atomic E-state index is 0.0498. The van der Waals surface area contributed by atoms with E-state index in [0.29, 0.717) is 37.7 Å². The van der Waals surface area contributed by atoms with Crippen LogP contribution in [0.1, 0.15) is 21.7 Å². The Kier molecular flexibility index (Phi) is 5.07. The third-order valence-electron chi connectivity index (χ3n) is 4.94. The second-order valence-corrected chi connectivity index (χ2v) is 7.08. The molecule has 0 unspecified atom stereocenters. The second-order valence-electron chi connectivity index (χ2n) is 7.08. The van der Waals surface area contributed by atoms with Gasteiger partial charge in [0.1, 0.15) is 11.3 Å². The van der Waals surface area contributed by atoms with E-state index in [9.17, 15) is 9.59 Å². The van der Waals surface area contributed by atoms with Crippen LogP contribution in [0.5, 0.6) is 0 Å². The van der Waals surface area contributed by atoms with Crippen molar-refractivity contribution < 1.29 is 4.79 Å². The van der Waals surface area contributed by atoms with Gasteiger partial charge < -0.3 is 14.8 Å². The van der Waals surface area contributed by atoms with Crippen LogP contribution in [0.15, 0.2) is 47.5 Å². The fourth-order valence-corrected chi connectivity index (χ4v) is 3.51. The number of aryl methyl sites for hydroxylation is 2. The number of carbonyl (C=O) groups is 1. The van der Waals surface area contributed by atoms with Gasteiger partial charge in [-0.25, -0.2) is 4.98 Å². The van der Waals surface area contributed by atoms with E-state index in [2.05, 4.69) is 37.0 Å². The lowest BCUT2D eigenvalue weighted by molar-refractivity contribution is 0.0744. The standard InChI is InChI=1S/C21H22N6O2/c1-14-11-16(12-15(2)24-14)26-7-9-27(10-8-26)21(29)17-13-23-19(25-20(17)28)18-5-3-4-6-22-18/h3-6,11-13H,7-10H2,1-2H3,(H,23,25,28). The van der Waals surface area contributed by atoms with E-state index in [4.69, 9.17) is 0 Å². The number of nitrogens with one attached hydrogen (secondary N) is 1. The Bertz CT molecular complexity index is 1070. The fraction of sp³-hybridized carbons (Fsp3) is 0.286. The summed E-state index contributed by atoms with van der Waals surface area (Å²) < 4.78 is 0. The van der Waals surface area contributed by atoms with E-state index in [-0.39, 0.29) is 11.5 Å². The van der Waals surface area contributed by atoms with Crippen LogP contribution in [-0.4, -0.2) is 56.9 Å². The van der Waals surface area contributed by atoms with Gasteiger partial charge in [0.25, 0.3) is 11.5 Å². The van der Waals surface area contributed by atoms with Crippen molar-refractivity contribution in [1.29, 1.82) is 0 Å². The number of pyridine rings is 2. The summed E-state index contributed by atoms with van der Waals surface area (Å²) in [5.41, 5.74) is 3.22. The Labute approximate surface area is 168 Å². The van der Waals surface area contributed by atoms with Crippen molar-refractivity contribution in [2.75, 3.05) is 31.1 Å². The van der Waals surface area contributed by atoms with Crippen LogP contribution in [0.3, 0.4) is 0 Å². The van der Waals surface area contributed by atoms with E-state index >= 15 is 0 Å². The highest BCUT2D eigenvalue weighted by atomic mass is 16.2. The van der Waals surface area contributed by atoms with Crippen LogP contribution < -0.4 is 10.5 Å². The highest BCUT2D eigenvalue weighted by molar-refractivity contribution is 5.93. The second kappa shape index (κ2) is 7.83. The summed E-state index contributed by atoms with van der Waals surface area (Å²) in [5, 5.41) is 0. The Balaban J connectivity index is 1.46. The molecular formula is C21H22N6O2. The largest absolute Gasteiger partial charge is 0.368 e. The van der Waals surface area contributed by atoms with Crippen molar-refractivity contribution in [3.63, 3.8) is 0 Å². The van der Waals surface area contributed by atoms with Gasteiger partial charge in [-0.15, -0.1) is 0 Å². The molecule has 1 N–H and O–H groups in total. The number of carbonyl (C=O) groups excluding carboxylic acids is 1. The molecule has 0 aromatic carbocycles. The van der Waals surface area contributed by atoms with E-state index in [0.717, 1.165) is 17.1 Å². The number of anilines is 1. The van der Waals surface area contributed by atoms with Crippen molar-refractivity contribution in [2.45, 2.75) is 13.8 Å². The molecule has 0 atom stereocenters. The fourth-order valence-electron chi connectivity index (χ4n) is 3.51. The molecule has 4 rings (SSSR count). The topological polar surface area (TPSA) is 95.1 Å². The van der Waals surface area contributed by atoms with Gasteiger partial charge in [0.15, 0.2) is 5.82 Å². The number of hydrogen-bond donors (Lipinski definition) is 1. The molecule has 0 saturated carbocycles. The maximum atomic E-state index is 12.8. The zero-order valence-electron chi connectivity index (χ0n) is 16.4. The number of aromatic amines is 1. The van der Waals surface area contributed by atoms with Crippen molar-refractivity contribution in [1.82, 2.24) is 24.8 Å². The molecule has 0 aliphatic carbocycles. The molecule has 0 bridgehead atoms. The Morgan fingerprint density at radius 2 is 1.76 bits per heavy atom. The lowest BCUT2D eigenvalue weighted by atomic mass is 10.2. The molecular weight excluding hydrogens is 368 g/mol. The van der Waals surface area contributed by atoms with Crippen LogP contribution >= 0.6 is 0 Å². The van der Waals surface area contributed by atoms with Crippen LogP contribution in [0, 0.1) is 13.8 Å². The molecule has 1 aliphatic rings. The quantitative estimate of drug-likeness (QED) is 0.733. The number of rotatable bonds is 3. The van der Waals surface area contributed by atoms with Gasteiger partial charge in [-0.2, -0.15) is 0 Å².